The number of benzene rings is 1. The third kappa shape index (κ3) is 2.55. The molecule has 0 aromatic heterocycles. The first kappa shape index (κ1) is 10.6. The first-order valence-electron chi connectivity index (χ1n) is 5.49. The first-order valence-corrected chi connectivity index (χ1v) is 5.49. The van der Waals surface area contributed by atoms with E-state index in [1.165, 1.54) is 6.07 Å². The maximum absolute atomic E-state index is 13.0. The van der Waals surface area contributed by atoms with Gasteiger partial charge in [-0.05, 0) is 24.2 Å². The second kappa shape index (κ2) is 4.73. The van der Waals surface area contributed by atoms with Crippen LogP contribution in [0.25, 0.3) is 0 Å². The highest BCUT2D eigenvalue weighted by molar-refractivity contribution is 5.16. The van der Waals surface area contributed by atoms with Crippen LogP contribution < -0.4 is 5.32 Å². The van der Waals surface area contributed by atoms with Gasteiger partial charge in [0, 0.05) is 25.7 Å². The fourth-order valence-electron chi connectivity index (χ4n) is 1.90. The fourth-order valence-corrected chi connectivity index (χ4v) is 1.90. The monoisotopic (exact) mass is 208 g/mol. The number of nitrogens with zero attached hydrogens (tertiary/aromatic N) is 1. The van der Waals surface area contributed by atoms with Gasteiger partial charge < -0.3 is 5.32 Å². The zero-order valence-corrected chi connectivity index (χ0v) is 9.04. The highest BCUT2D eigenvalue weighted by atomic mass is 19.1. The second-order valence-electron chi connectivity index (χ2n) is 4.01. The van der Waals surface area contributed by atoms with E-state index in [-0.39, 0.29) is 5.82 Å². The van der Waals surface area contributed by atoms with Crippen molar-refractivity contribution in [2.45, 2.75) is 19.5 Å². The fraction of sp³-hybridized carbons (Fsp3) is 0.500. The smallest absolute Gasteiger partial charge is 0.123 e. The summed E-state index contributed by atoms with van der Waals surface area (Å²) in [7, 11) is 0. The molecule has 1 fully saturated rings. The van der Waals surface area contributed by atoms with Crippen LogP contribution in [-0.2, 0) is 6.54 Å². The number of halogens is 1. The van der Waals surface area contributed by atoms with Crippen molar-refractivity contribution in [1.29, 1.82) is 0 Å². The topological polar surface area (TPSA) is 15.3 Å². The van der Waals surface area contributed by atoms with Gasteiger partial charge in [-0.25, -0.2) is 4.39 Å². The van der Waals surface area contributed by atoms with Gasteiger partial charge in [0.2, 0.25) is 0 Å². The molecule has 1 aromatic rings. The molecule has 0 aliphatic carbocycles. The van der Waals surface area contributed by atoms with Crippen molar-refractivity contribution in [3.05, 3.63) is 35.6 Å². The largest absolute Gasteiger partial charge is 0.314 e. The molecule has 0 unspecified atom stereocenters. The molecule has 1 aromatic carbocycles. The number of nitrogens with one attached hydrogen (secondary N) is 1. The van der Waals surface area contributed by atoms with E-state index in [0.29, 0.717) is 6.04 Å². The van der Waals surface area contributed by atoms with Crippen molar-refractivity contribution in [3.8, 4) is 0 Å². The first-order chi connectivity index (χ1) is 7.29. The highest BCUT2D eigenvalue weighted by Gasteiger charge is 2.22. The lowest BCUT2D eigenvalue weighted by atomic mass is 10.1. The van der Waals surface area contributed by atoms with Gasteiger partial charge in [-0.3, -0.25) is 4.90 Å². The summed E-state index contributed by atoms with van der Waals surface area (Å²) in [6, 6.07) is 7.49. The molecule has 0 amide bonds. The van der Waals surface area contributed by atoms with Gasteiger partial charge in [0.05, 0.1) is 0 Å². The predicted molar refractivity (Wildman–Crippen MR) is 59.1 cm³/mol. The molecule has 3 heteroatoms. The van der Waals surface area contributed by atoms with E-state index in [9.17, 15) is 4.39 Å². The Kier molecular flexibility index (Phi) is 3.34. The van der Waals surface area contributed by atoms with Crippen LogP contribution >= 0.6 is 0 Å². The van der Waals surface area contributed by atoms with Gasteiger partial charge in [0.15, 0.2) is 0 Å². The quantitative estimate of drug-likeness (QED) is 0.809. The van der Waals surface area contributed by atoms with Gasteiger partial charge >= 0.3 is 0 Å². The average Bonchev–Trinajstić information content (AvgIpc) is 2.14. The molecule has 2 rings (SSSR count). The van der Waals surface area contributed by atoms with Gasteiger partial charge in [-0.15, -0.1) is 0 Å². The summed E-state index contributed by atoms with van der Waals surface area (Å²) in [6.45, 7) is 6.13. The Morgan fingerprint density at radius 2 is 2.27 bits per heavy atom. The second-order valence-corrected chi connectivity index (χ2v) is 4.01. The van der Waals surface area contributed by atoms with E-state index in [1.807, 2.05) is 6.07 Å². The Hall–Kier alpha value is -0.930. The van der Waals surface area contributed by atoms with Crippen LogP contribution in [0.15, 0.2) is 24.3 Å². The Morgan fingerprint density at radius 3 is 2.80 bits per heavy atom. The molecule has 1 heterocycles. The summed E-state index contributed by atoms with van der Waals surface area (Å²) >= 11 is 0. The Balaban J connectivity index is 1.99. The lowest BCUT2D eigenvalue weighted by molar-refractivity contribution is 0.145. The Labute approximate surface area is 90.1 Å². The summed E-state index contributed by atoms with van der Waals surface area (Å²) < 4.78 is 13.0. The summed E-state index contributed by atoms with van der Waals surface area (Å²) in [4.78, 5) is 2.38. The molecule has 0 saturated carbocycles. The van der Waals surface area contributed by atoms with Gasteiger partial charge in [0.1, 0.15) is 5.82 Å². The van der Waals surface area contributed by atoms with Crippen molar-refractivity contribution in [2.24, 2.45) is 0 Å². The molecule has 1 saturated heterocycles. The van der Waals surface area contributed by atoms with E-state index in [0.717, 1.165) is 31.7 Å². The normalized spacial score (nSPS) is 16.7. The van der Waals surface area contributed by atoms with Crippen LogP contribution in [0, 0.1) is 5.82 Å². The summed E-state index contributed by atoms with van der Waals surface area (Å²) in [5.41, 5.74) is 1.06. The third-order valence-corrected chi connectivity index (χ3v) is 2.96. The van der Waals surface area contributed by atoms with Crippen LogP contribution in [0.5, 0.6) is 0 Å². The van der Waals surface area contributed by atoms with E-state index in [4.69, 9.17) is 0 Å². The maximum Gasteiger partial charge on any atom is 0.123 e. The molecule has 1 N–H and O–H groups in total. The molecule has 15 heavy (non-hydrogen) atoms. The minimum atomic E-state index is -0.143. The molecule has 82 valence electrons. The molecule has 0 atom stereocenters. The zero-order valence-electron chi connectivity index (χ0n) is 9.04. The molecule has 2 nitrogen and oxygen atoms in total. The molecule has 1 aliphatic rings. The number of likely N-dealkylation sites (N-methyl/N-ethyl adjacent to an activating group) is 1. The molecule has 0 radical (unpaired) electrons. The summed E-state index contributed by atoms with van der Waals surface area (Å²) in [5.74, 6) is -0.143. The molecular formula is C12H17FN2. The van der Waals surface area contributed by atoms with Crippen molar-refractivity contribution in [3.63, 3.8) is 0 Å². The molecule has 1 aliphatic heterocycles. The van der Waals surface area contributed by atoms with Crippen LogP contribution in [0.3, 0.4) is 0 Å². The Morgan fingerprint density at radius 1 is 1.47 bits per heavy atom. The number of hydrogen-bond acceptors (Lipinski definition) is 2. The molecular weight excluding hydrogens is 191 g/mol. The summed E-state index contributed by atoms with van der Waals surface area (Å²) in [5, 5.41) is 3.26. The van der Waals surface area contributed by atoms with Crippen LogP contribution in [0.1, 0.15) is 12.5 Å². The van der Waals surface area contributed by atoms with Gasteiger partial charge in [-0.1, -0.05) is 19.1 Å². The lowest BCUT2D eigenvalue weighted by Gasteiger charge is -2.37. The Bertz CT molecular complexity index is 323. The number of rotatable bonds is 4. The molecule has 0 bridgehead atoms. The van der Waals surface area contributed by atoms with E-state index in [2.05, 4.69) is 17.1 Å². The van der Waals surface area contributed by atoms with Gasteiger partial charge in [0.25, 0.3) is 0 Å². The lowest BCUT2D eigenvalue weighted by Crippen LogP contribution is -2.56. The third-order valence-electron chi connectivity index (χ3n) is 2.96. The maximum atomic E-state index is 13.0. The van der Waals surface area contributed by atoms with E-state index in [1.54, 1.807) is 12.1 Å². The summed E-state index contributed by atoms with van der Waals surface area (Å²) in [6.07, 6.45) is 0. The van der Waals surface area contributed by atoms with Crippen molar-refractivity contribution >= 4 is 0 Å². The van der Waals surface area contributed by atoms with Gasteiger partial charge in [-0.2, -0.15) is 0 Å². The minimum absolute atomic E-state index is 0.143. The zero-order chi connectivity index (χ0) is 10.7. The average molecular weight is 208 g/mol. The molecule has 0 spiro atoms. The predicted octanol–water partition coefficient (Wildman–Crippen LogP) is 1.62. The van der Waals surface area contributed by atoms with Crippen molar-refractivity contribution in [2.75, 3.05) is 19.6 Å². The minimum Gasteiger partial charge on any atom is -0.314 e. The van der Waals surface area contributed by atoms with Crippen molar-refractivity contribution < 1.29 is 4.39 Å². The highest BCUT2D eigenvalue weighted by Crippen LogP contribution is 2.11. The number of hydrogen-bond donors (Lipinski definition) is 1. The van der Waals surface area contributed by atoms with Crippen LogP contribution in [0.2, 0.25) is 0 Å². The van der Waals surface area contributed by atoms with Crippen LogP contribution in [0.4, 0.5) is 4.39 Å². The van der Waals surface area contributed by atoms with E-state index >= 15 is 0 Å². The van der Waals surface area contributed by atoms with E-state index < -0.39 is 0 Å². The van der Waals surface area contributed by atoms with Crippen molar-refractivity contribution in [1.82, 2.24) is 10.2 Å². The standard InChI is InChI=1S/C12H17FN2/c1-2-15(12-7-14-8-12)9-10-4-3-5-11(13)6-10/h3-6,12,14H,2,7-9H2,1H3. The SMILES string of the molecule is CCN(Cc1cccc(F)c1)C1CNC1. The van der Waals surface area contributed by atoms with Crippen LogP contribution in [-0.4, -0.2) is 30.6 Å².